The first kappa shape index (κ1) is 14.5. The molecule has 1 heterocycles. The van der Waals surface area contributed by atoms with Crippen molar-refractivity contribution in [3.05, 3.63) is 24.3 Å². The largest absolute Gasteiger partial charge is 0.345 e. The Bertz CT molecular complexity index is 405. The van der Waals surface area contributed by atoms with Gasteiger partial charge < -0.3 is 9.88 Å². The van der Waals surface area contributed by atoms with Crippen LogP contribution in [0.5, 0.6) is 0 Å². The van der Waals surface area contributed by atoms with Crippen LogP contribution in [-0.2, 0) is 4.79 Å². The predicted molar refractivity (Wildman–Crippen MR) is 74.0 cm³/mol. The van der Waals surface area contributed by atoms with Crippen LogP contribution < -0.4 is 0 Å². The normalized spacial score (nSPS) is 13.0. The van der Waals surface area contributed by atoms with E-state index in [1.165, 1.54) is 0 Å². The van der Waals surface area contributed by atoms with E-state index in [-0.39, 0.29) is 17.0 Å². The van der Waals surface area contributed by atoms with Crippen molar-refractivity contribution in [3.8, 4) is 0 Å². The number of nitrogens with one attached hydrogen (secondary N) is 1. The van der Waals surface area contributed by atoms with E-state index in [0.717, 1.165) is 5.69 Å². The van der Waals surface area contributed by atoms with E-state index < -0.39 is 0 Å². The average Bonchev–Trinajstić information content (AvgIpc) is 2.61. The Kier molecular flexibility index (Phi) is 3.99. The summed E-state index contributed by atoms with van der Waals surface area (Å²) in [5.41, 5.74) is 0.396. The van der Waals surface area contributed by atoms with E-state index in [2.05, 4.69) is 9.97 Å². The minimum atomic E-state index is -0.215. The van der Waals surface area contributed by atoms with Crippen LogP contribution in [-0.4, -0.2) is 31.9 Å². The molecule has 0 saturated carbocycles. The molecule has 0 aliphatic carbocycles. The highest BCUT2D eigenvalue weighted by Gasteiger charge is 2.34. The molecule has 4 heteroatoms. The Labute approximate surface area is 109 Å². The van der Waals surface area contributed by atoms with Crippen LogP contribution in [0.4, 0.5) is 0 Å². The number of hydrogen-bond donors (Lipinski definition) is 1. The van der Waals surface area contributed by atoms with E-state index in [1.54, 1.807) is 24.7 Å². The van der Waals surface area contributed by atoms with Crippen LogP contribution in [0.2, 0.25) is 0 Å². The van der Waals surface area contributed by atoms with E-state index in [0.29, 0.717) is 0 Å². The maximum atomic E-state index is 12.3. The van der Waals surface area contributed by atoms with Crippen LogP contribution in [0.3, 0.4) is 0 Å². The quantitative estimate of drug-likeness (QED) is 0.819. The van der Waals surface area contributed by atoms with E-state index in [4.69, 9.17) is 0 Å². The molecule has 100 valence electrons. The maximum Gasteiger partial charge on any atom is 0.247 e. The van der Waals surface area contributed by atoms with Gasteiger partial charge in [-0.15, -0.1) is 0 Å². The molecule has 0 unspecified atom stereocenters. The molecular formula is C14H23N3O. The highest BCUT2D eigenvalue weighted by atomic mass is 16.2. The molecule has 0 aromatic carbocycles. The summed E-state index contributed by atoms with van der Waals surface area (Å²) in [5.74, 6) is 0.00426. The van der Waals surface area contributed by atoms with Gasteiger partial charge in [-0.2, -0.15) is 0 Å². The smallest absolute Gasteiger partial charge is 0.247 e. The lowest BCUT2D eigenvalue weighted by molar-refractivity contribution is -0.137. The summed E-state index contributed by atoms with van der Waals surface area (Å²) in [7, 11) is 0. The summed E-state index contributed by atoms with van der Waals surface area (Å²) >= 11 is 0. The van der Waals surface area contributed by atoms with E-state index >= 15 is 0 Å². The van der Waals surface area contributed by atoms with Gasteiger partial charge in [-0.25, -0.2) is 4.98 Å². The van der Waals surface area contributed by atoms with Crippen LogP contribution in [0, 0.1) is 0 Å². The zero-order valence-electron chi connectivity index (χ0n) is 12.1. The lowest BCUT2D eigenvalue weighted by Crippen LogP contribution is -2.55. The second-order valence-electron chi connectivity index (χ2n) is 6.36. The van der Waals surface area contributed by atoms with Gasteiger partial charge in [0.25, 0.3) is 0 Å². The van der Waals surface area contributed by atoms with Crippen LogP contribution in [0.1, 0.15) is 47.2 Å². The van der Waals surface area contributed by atoms with Crippen molar-refractivity contribution >= 4 is 12.0 Å². The summed E-state index contributed by atoms with van der Waals surface area (Å²) in [6.07, 6.45) is 6.61. The van der Waals surface area contributed by atoms with E-state index in [1.807, 2.05) is 46.4 Å². The Balaban J connectivity index is 2.91. The first-order valence-corrected chi connectivity index (χ1v) is 6.13. The second-order valence-corrected chi connectivity index (χ2v) is 6.36. The molecule has 0 radical (unpaired) electrons. The summed E-state index contributed by atoms with van der Waals surface area (Å²) in [5, 5.41) is 0. The van der Waals surface area contributed by atoms with Crippen molar-refractivity contribution in [1.82, 2.24) is 14.9 Å². The van der Waals surface area contributed by atoms with Gasteiger partial charge >= 0.3 is 0 Å². The van der Waals surface area contributed by atoms with Crippen molar-refractivity contribution in [2.75, 3.05) is 0 Å². The number of nitrogens with zero attached hydrogens (tertiary/aromatic N) is 2. The predicted octanol–water partition coefficient (Wildman–Crippen LogP) is 2.85. The molecular weight excluding hydrogens is 226 g/mol. The van der Waals surface area contributed by atoms with Crippen molar-refractivity contribution in [1.29, 1.82) is 0 Å². The standard InChI is InChI=1S/C14H23N3O/c1-13(2,3)17(14(4,5)6)12(18)8-7-11-9-15-10-16-11/h7-10H,1-6H3,(H,15,16)/b8-7+. The Morgan fingerprint density at radius 2 is 1.78 bits per heavy atom. The number of rotatable bonds is 2. The summed E-state index contributed by atoms with van der Waals surface area (Å²) in [4.78, 5) is 21.1. The molecule has 4 nitrogen and oxygen atoms in total. The minimum absolute atomic E-state index is 0.00426. The van der Waals surface area contributed by atoms with Crippen LogP contribution in [0.15, 0.2) is 18.6 Å². The molecule has 0 aliphatic rings. The molecule has 18 heavy (non-hydrogen) atoms. The fourth-order valence-electron chi connectivity index (χ4n) is 2.26. The third kappa shape index (κ3) is 3.72. The maximum absolute atomic E-state index is 12.3. The average molecular weight is 249 g/mol. The van der Waals surface area contributed by atoms with E-state index in [9.17, 15) is 4.79 Å². The van der Waals surface area contributed by atoms with Gasteiger partial charge in [0.1, 0.15) is 0 Å². The number of H-pyrrole nitrogens is 1. The number of amides is 1. The van der Waals surface area contributed by atoms with Gasteiger partial charge in [-0.1, -0.05) is 0 Å². The van der Waals surface area contributed by atoms with Gasteiger partial charge in [0.15, 0.2) is 0 Å². The van der Waals surface area contributed by atoms with Gasteiger partial charge in [-0.05, 0) is 47.6 Å². The number of hydrogen-bond acceptors (Lipinski definition) is 2. The fraction of sp³-hybridized carbons (Fsp3) is 0.571. The monoisotopic (exact) mass is 249 g/mol. The zero-order chi connectivity index (χ0) is 14.0. The van der Waals surface area contributed by atoms with Gasteiger partial charge in [0.2, 0.25) is 5.91 Å². The van der Waals surface area contributed by atoms with Gasteiger partial charge in [0, 0.05) is 17.2 Å². The summed E-state index contributed by atoms with van der Waals surface area (Å²) < 4.78 is 0. The molecule has 0 spiro atoms. The van der Waals surface area contributed by atoms with Crippen LogP contribution >= 0.6 is 0 Å². The Hall–Kier alpha value is -1.58. The fourth-order valence-corrected chi connectivity index (χ4v) is 2.26. The minimum Gasteiger partial charge on any atom is -0.345 e. The van der Waals surface area contributed by atoms with Crippen molar-refractivity contribution in [3.63, 3.8) is 0 Å². The molecule has 0 fully saturated rings. The van der Waals surface area contributed by atoms with Gasteiger partial charge in [0.05, 0.1) is 18.2 Å². The topological polar surface area (TPSA) is 49.0 Å². The third-order valence-electron chi connectivity index (χ3n) is 2.49. The number of carbonyl (C=O) groups is 1. The van der Waals surface area contributed by atoms with Crippen molar-refractivity contribution in [2.24, 2.45) is 0 Å². The molecule has 0 bridgehead atoms. The highest BCUT2D eigenvalue weighted by Crippen LogP contribution is 2.25. The molecule has 1 N–H and O–H groups in total. The number of carbonyl (C=O) groups excluding carboxylic acids is 1. The van der Waals surface area contributed by atoms with Crippen molar-refractivity contribution < 1.29 is 4.79 Å². The van der Waals surface area contributed by atoms with Gasteiger partial charge in [-0.3, -0.25) is 4.79 Å². The molecule has 0 aliphatic heterocycles. The first-order valence-electron chi connectivity index (χ1n) is 6.13. The molecule has 1 aromatic heterocycles. The highest BCUT2D eigenvalue weighted by molar-refractivity contribution is 5.92. The third-order valence-corrected chi connectivity index (χ3v) is 2.49. The zero-order valence-corrected chi connectivity index (χ0v) is 12.1. The molecule has 0 saturated heterocycles. The first-order chi connectivity index (χ1) is 8.12. The molecule has 0 atom stereocenters. The second kappa shape index (κ2) is 4.96. The number of imidazole rings is 1. The Morgan fingerprint density at radius 3 is 2.17 bits per heavy atom. The molecule has 1 aromatic rings. The lowest BCUT2D eigenvalue weighted by Gasteiger charge is -2.45. The number of aromatic nitrogens is 2. The molecule has 1 rings (SSSR count). The summed E-state index contributed by atoms with van der Waals surface area (Å²) in [6.45, 7) is 12.3. The lowest BCUT2D eigenvalue weighted by atomic mass is 9.95. The summed E-state index contributed by atoms with van der Waals surface area (Å²) in [6, 6.07) is 0. The van der Waals surface area contributed by atoms with Crippen molar-refractivity contribution in [2.45, 2.75) is 52.6 Å². The molecule has 1 amide bonds. The number of aromatic amines is 1. The Morgan fingerprint density at radius 1 is 1.22 bits per heavy atom. The SMILES string of the molecule is CC(C)(C)N(C(=O)/C=C/c1cnc[nH]1)C(C)(C)C. The van der Waals surface area contributed by atoms with Crippen LogP contribution in [0.25, 0.3) is 6.08 Å².